The molecule has 5 heteroatoms. The fourth-order valence-corrected chi connectivity index (χ4v) is 2.00. The highest BCUT2D eigenvalue weighted by atomic mass is 16.6. The van der Waals surface area contributed by atoms with E-state index in [4.69, 9.17) is 15.2 Å². The molecule has 0 radical (unpaired) electrons. The summed E-state index contributed by atoms with van der Waals surface area (Å²) < 4.78 is 11.0. The van der Waals surface area contributed by atoms with Crippen LogP contribution < -0.4 is 15.2 Å². The van der Waals surface area contributed by atoms with E-state index in [0.717, 1.165) is 34.8 Å². The smallest absolute Gasteiger partial charge is 0.163 e. The lowest BCUT2D eigenvalue weighted by atomic mass is 10.2. The Morgan fingerprint density at radius 3 is 2.76 bits per heavy atom. The van der Waals surface area contributed by atoms with Crippen LogP contribution in [0.2, 0.25) is 0 Å². The van der Waals surface area contributed by atoms with Gasteiger partial charge in [0.25, 0.3) is 0 Å². The van der Waals surface area contributed by atoms with Crippen molar-refractivity contribution in [2.75, 3.05) is 13.2 Å². The standard InChI is InChI=1S/C12H15N3O2/c1-7(13)4-12-14-8-5-10-11(6-9(8)15-12)17-3-2-16-10/h5-7H,2-4,13H2,1H3,(H,14,15). The molecule has 0 spiro atoms. The molecule has 1 aliphatic rings. The van der Waals surface area contributed by atoms with Crippen LogP contribution in [0, 0.1) is 0 Å². The maximum absolute atomic E-state index is 5.76. The molecule has 3 rings (SSSR count). The van der Waals surface area contributed by atoms with E-state index in [1.807, 2.05) is 19.1 Å². The van der Waals surface area contributed by atoms with E-state index in [-0.39, 0.29) is 6.04 Å². The molecule has 17 heavy (non-hydrogen) atoms. The third kappa shape index (κ3) is 1.93. The maximum Gasteiger partial charge on any atom is 0.163 e. The minimum atomic E-state index is 0.0951. The SMILES string of the molecule is CC(N)Cc1nc2cc3c(cc2[nH]1)OCCO3. The Kier molecular flexibility index (Phi) is 2.40. The molecule has 5 nitrogen and oxygen atoms in total. The third-order valence-corrected chi connectivity index (χ3v) is 2.71. The number of hydrogen-bond acceptors (Lipinski definition) is 4. The summed E-state index contributed by atoms with van der Waals surface area (Å²) in [5.41, 5.74) is 7.62. The number of nitrogens with two attached hydrogens (primary N) is 1. The summed E-state index contributed by atoms with van der Waals surface area (Å²) in [6, 6.07) is 3.93. The Balaban J connectivity index is 2.03. The van der Waals surface area contributed by atoms with Crippen molar-refractivity contribution in [1.82, 2.24) is 9.97 Å². The quantitative estimate of drug-likeness (QED) is 0.818. The van der Waals surface area contributed by atoms with Crippen molar-refractivity contribution in [2.24, 2.45) is 5.73 Å². The summed E-state index contributed by atoms with van der Waals surface area (Å²) in [5.74, 6) is 2.44. The van der Waals surface area contributed by atoms with E-state index in [1.54, 1.807) is 0 Å². The zero-order valence-electron chi connectivity index (χ0n) is 9.69. The average molecular weight is 233 g/mol. The second kappa shape index (κ2) is 3.92. The van der Waals surface area contributed by atoms with Gasteiger partial charge in [0.2, 0.25) is 0 Å². The molecule has 1 aromatic carbocycles. The normalized spacial score (nSPS) is 16.1. The Hall–Kier alpha value is -1.75. The van der Waals surface area contributed by atoms with Gasteiger partial charge in [0.15, 0.2) is 11.5 Å². The minimum absolute atomic E-state index is 0.0951. The molecule has 1 aromatic heterocycles. The number of aromatic amines is 1. The van der Waals surface area contributed by atoms with Crippen molar-refractivity contribution in [3.63, 3.8) is 0 Å². The van der Waals surface area contributed by atoms with E-state index in [9.17, 15) is 0 Å². The van der Waals surface area contributed by atoms with Crippen LogP contribution in [-0.4, -0.2) is 29.2 Å². The number of nitrogens with zero attached hydrogens (tertiary/aromatic N) is 1. The van der Waals surface area contributed by atoms with Gasteiger partial charge in [0.1, 0.15) is 19.0 Å². The van der Waals surface area contributed by atoms with Crippen LogP contribution in [0.5, 0.6) is 11.5 Å². The average Bonchev–Trinajstić information content (AvgIpc) is 2.65. The van der Waals surface area contributed by atoms with Gasteiger partial charge in [-0.15, -0.1) is 0 Å². The highest BCUT2D eigenvalue weighted by Gasteiger charge is 2.14. The maximum atomic E-state index is 5.76. The molecule has 0 saturated carbocycles. The number of benzene rings is 1. The van der Waals surface area contributed by atoms with E-state index in [2.05, 4.69) is 9.97 Å². The molecule has 1 atom stereocenters. The van der Waals surface area contributed by atoms with Gasteiger partial charge in [-0.1, -0.05) is 0 Å². The zero-order valence-corrected chi connectivity index (χ0v) is 9.69. The number of fused-ring (bicyclic) bond motifs is 2. The Bertz CT molecular complexity index is 505. The molecule has 2 aromatic rings. The van der Waals surface area contributed by atoms with Gasteiger partial charge >= 0.3 is 0 Å². The van der Waals surface area contributed by atoms with Gasteiger partial charge in [0, 0.05) is 24.6 Å². The van der Waals surface area contributed by atoms with E-state index in [0.29, 0.717) is 13.2 Å². The van der Waals surface area contributed by atoms with Crippen LogP contribution in [0.1, 0.15) is 12.7 Å². The molecule has 1 unspecified atom stereocenters. The number of nitrogens with one attached hydrogen (secondary N) is 1. The number of rotatable bonds is 2. The lowest BCUT2D eigenvalue weighted by Crippen LogP contribution is -2.18. The third-order valence-electron chi connectivity index (χ3n) is 2.71. The van der Waals surface area contributed by atoms with Gasteiger partial charge in [0.05, 0.1) is 11.0 Å². The van der Waals surface area contributed by atoms with Crippen LogP contribution in [0.15, 0.2) is 12.1 Å². The number of hydrogen-bond donors (Lipinski definition) is 2. The molecule has 90 valence electrons. The highest BCUT2D eigenvalue weighted by Crippen LogP contribution is 2.33. The monoisotopic (exact) mass is 233 g/mol. The Morgan fingerprint density at radius 2 is 2.06 bits per heavy atom. The van der Waals surface area contributed by atoms with Crippen molar-refractivity contribution in [3.8, 4) is 11.5 Å². The lowest BCUT2D eigenvalue weighted by Gasteiger charge is -2.17. The number of H-pyrrole nitrogens is 1. The van der Waals surface area contributed by atoms with E-state index in [1.165, 1.54) is 0 Å². The molecular formula is C12H15N3O2. The number of ether oxygens (including phenoxy) is 2. The summed E-state index contributed by atoms with van der Waals surface area (Å²) in [7, 11) is 0. The first-order valence-electron chi connectivity index (χ1n) is 5.76. The summed E-state index contributed by atoms with van der Waals surface area (Å²) in [6.07, 6.45) is 0.737. The molecule has 1 aliphatic heterocycles. The molecular weight excluding hydrogens is 218 g/mol. The van der Waals surface area contributed by atoms with Crippen molar-refractivity contribution in [1.29, 1.82) is 0 Å². The molecule has 2 heterocycles. The molecule has 0 saturated heterocycles. The summed E-state index contributed by atoms with van der Waals surface area (Å²) in [5, 5.41) is 0. The van der Waals surface area contributed by atoms with Gasteiger partial charge in [-0.3, -0.25) is 0 Å². The largest absolute Gasteiger partial charge is 0.486 e. The predicted octanol–water partition coefficient (Wildman–Crippen LogP) is 1.22. The number of aromatic nitrogens is 2. The first kappa shape index (κ1) is 10.4. The van der Waals surface area contributed by atoms with E-state index >= 15 is 0 Å². The van der Waals surface area contributed by atoms with Gasteiger partial charge < -0.3 is 20.2 Å². The number of imidazole rings is 1. The summed E-state index contributed by atoms with van der Waals surface area (Å²) in [4.78, 5) is 7.74. The molecule has 0 fully saturated rings. The lowest BCUT2D eigenvalue weighted by molar-refractivity contribution is 0.172. The van der Waals surface area contributed by atoms with Crippen LogP contribution in [0.25, 0.3) is 11.0 Å². The predicted molar refractivity (Wildman–Crippen MR) is 64.4 cm³/mol. The van der Waals surface area contributed by atoms with Crippen LogP contribution >= 0.6 is 0 Å². The summed E-state index contributed by atoms with van der Waals surface area (Å²) in [6.45, 7) is 3.15. The van der Waals surface area contributed by atoms with Crippen molar-refractivity contribution < 1.29 is 9.47 Å². The van der Waals surface area contributed by atoms with Crippen LogP contribution in [0.3, 0.4) is 0 Å². The van der Waals surface area contributed by atoms with Crippen molar-refractivity contribution in [2.45, 2.75) is 19.4 Å². The van der Waals surface area contributed by atoms with Crippen LogP contribution in [-0.2, 0) is 6.42 Å². The van der Waals surface area contributed by atoms with Gasteiger partial charge in [-0.05, 0) is 6.92 Å². The van der Waals surface area contributed by atoms with Crippen molar-refractivity contribution in [3.05, 3.63) is 18.0 Å². The van der Waals surface area contributed by atoms with Gasteiger partial charge in [-0.25, -0.2) is 4.98 Å². The first-order valence-corrected chi connectivity index (χ1v) is 5.76. The molecule has 0 aliphatic carbocycles. The van der Waals surface area contributed by atoms with Gasteiger partial charge in [-0.2, -0.15) is 0 Å². The van der Waals surface area contributed by atoms with E-state index < -0.39 is 0 Å². The fraction of sp³-hybridized carbons (Fsp3) is 0.417. The Morgan fingerprint density at radius 1 is 1.35 bits per heavy atom. The summed E-state index contributed by atoms with van der Waals surface area (Å²) >= 11 is 0. The Labute approximate surface area is 98.9 Å². The second-order valence-electron chi connectivity index (χ2n) is 4.38. The molecule has 0 bridgehead atoms. The highest BCUT2D eigenvalue weighted by molar-refractivity contribution is 5.79. The molecule has 0 amide bonds. The van der Waals surface area contributed by atoms with Crippen LogP contribution in [0.4, 0.5) is 0 Å². The minimum Gasteiger partial charge on any atom is -0.486 e. The second-order valence-corrected chi connectivity index (χ2v) is 4.38. The zero-order chi connectivity index (χ0) is 11.8. The molecule has 3 N–H and O–H groups in total. The van der Waals surface area contributed by atoms with Crippen molar-refractivity contribution >= 4 is 11.0 Å². The fourth-order valence-electron chi connectivity index (χ4n) is 2.00. The topological polar surface area (TPSA) is 73.2 Å². The first-order chi connectivity index (χ1) is 8.22.